The van der Waals surface area contributed by atoms with Crippen molar-refractivity contribution in [2.24, 2.45) is 11.8 Å². The van der Waals surface area contributed by atoms with Crippen molar-refractivity contribution in [3.05, 3.63) is 10.6 Å². The van der Waals surface area contributed by atoms with E-state index in [9.17, 15) is 4.79 Å². The van der Waals surface area contributed by atoms with Crippen LogP contribution in [0.15, 0.2) is 0 Å². The average molecular weight is 280 g/mol. The van der Waals surface area contributed by atoms with Crippen LogP contribution in [0.4, 0.5) is 5.13 Å². The molecule has 1 unspecified atom stereocenters. The molecule has 0 aromatic carbocycles. The van der Waals surface area contributed by atoms with Crippen molar-refractivity contribution in [1.82, 2.24) is 4.98 Å². The summed E-state index contributed by atoms with van der Waals surface area (Å²) in [5, 5.41) is 3.59. The number of rotatable bonds is 5. The Labute approximate surface area is 117 Å². The number of amides is 1. The van der Waals surface area contributed by atoms with Crippen molar-refractivity contribution in [3.63, 3.8) is 0 Å². The van der Waals surface area contributed by atoms with Crippen molar-refractivity contribution < 1.29 is 9.53 Å². The summed E-state index contributed by atoms with van der Waals surface area (Å²) in [4.78, 5) is 17.6. The van der Waals surface area contributed by atoms with Gasteiger partial charge in [0, 0.05) is 4.88 Å². The summed E-state index contributed by atoms with van der Waals surface area (Å²) in [5.41, 5.74) is 1.18. The molecule has 1 N–H and O–H groups in total. The first-order valence-corrected chi connectivity index (χ1v) is 7.88. The number of fused-ring (bicyclic) bond motifs is 1. The van der Waals surface area contributed by atoms with E-state index in [-0.39, 0.29) is 12.5 Å². The number of nitrogens with zero attached hydrogens (tertiary/aromatic N) is 1. The second kappa shape index (κ2) is 5.59. The van der Waals surface area contributed by atoms with E-state index in [2.05, 4.69) is 17.2 Å². The van der Waals surface area contributed by atoms with E-state index < -0.39 is 0 Å². The smallest absolute Gasteiger partial charge is 0.252 e. The monoisotopic (exact) mass is 280 g/mol. The number of ether oxygens (including phenoxy) is 1. The molecule has 2 aliphatic rings. The molecule has 3 rings (SSSR count). The van der Waals surface area contributed by atoms with Gasteiger partial charge in [-0.25, -0.2) is 4.98 Å². The Kier molecular flexibility index (Phi) is 3.84. The highest BCUT2D eigenvalue weighted by molar-refractivity contribution is 7.15. The van der Waals surface area contributed by atoms with E-state index in [4.69, 9.17) is 4.74 Å². The molecular weight excluding hydrogens is 260 g/mol. The molecule has 0 radical (unpaired) electrons. The second-order valence-corrected chi connectivity index (χ2v) is 6.83. The Balaban J connectivity index is 1.50. The molecule has 1 aromatic rings. The van der Waals surface area contributed by atoms with Gasteiger partial charge in [-0.05, 0) is 43.9 Å². The fraction of sp³-hybridized carbons (Fsp3) is 0.714. The van der Waals surface area contributed by atoms with Crippen LogP contribution < -0.4 is 5.32 Å². The lowest BCUT2D eigenvalue weighted by Crippen LogP contribution is -2.18. The average Bonchev–Trinajstić information content (AvgIpc) is 3.09. The van der Waals surface area contributed by atoms with Gasteiger partial charge in [0.15, 0.2) is 5.13 Å². The maximum absolute atomic E-state index is 11.7. The van der Waals surface area contributed by atoms with Gasteiger partial charge in [0.2, 0.25) is 0 Å². The van der Waals surface area contributed by atoms with Crippen molar-refractivity contribution in [2.75, 3.05) is 18.5 Å². The molecule has 0 saturated heterocycles. The summed E-state index contributed by atoms with van der Waals surface area (Å²) >= 11 is 1.62. The summed E-state index contributed by atoms with van der Waals surface area (Å²) in [6, 6.07) is 0. The molecule has 1 aromatic heterocycles. The fourth-order valence-corrected chi connectivity index (χ4v) is 3.54. The standard InChI is InChI=1S/C14H20N2O2S/c1-9-2-5-11-12(6-9)19-14(15-11)16-13(17)8-18-7-10-3-4-10/h9-10H,2-8H2,1H3,(H,15,16,17). The van der Waals surface area contributed by atoms with E-state index in [1.54, 1.807) is 11.3 Å². The Hall–Kier alpha value is -0.940. The van der Waals surface area contributed by atoms with Gasteiger partial charge in [-0.1, -0.05) is 6.92 Å². The molecule has 1 saturated carbocycles. The molecule has 0 spiro atoms. The van der Waals surface area contributed by atoms with Crippen LogP contribution >= 0.6 is 11.3 Å². The molecule has 2 aliphatic carbocycles. The lowest BCUT2D eigenvalue weighted by atomic mass is 9.93. The summed E-state index contributed by atoms with van der Waals surface area (Å²) in [6.45, 7) is 3.14. The van der Waals surface area contributed by atoms with Gasteiger partial charge in [0.1, 0.15) is 6.61 Å². The van der Waals surface area contributed by atoms with E-state index in [1.165, 1.54) is 29.8 Å². The zero-order chi connectivity index (χ0) is 13.2. The van der Waals surface area contributed by atoms with Gasteiger partial charge in [0.05, 0.1) is 12.3 Å². The van der Waals surface area contributed by atoms with Crippen LogP contribution in [0.1, 0.15) is 36.8 Å². The molecule has 4 nitrogen and oxygen atoms in total. The number of thiazole rings is 1. The second-order valence-electron chi connectivity index (χ2n) is 5.74. The summed E-state index contributed by atoms with van der Waals surface area (Å²) in [5.74, 6) is 1.35. The maximum atomic E-state index is 11.7. The van der Waals surface area contributed by atoms with Crippen LogP contribution in [0.2, 0.25) is 0 Å². The lowest BCUT2D eigenvalue weighted by molar-refractivity contribution is -0.120. The summed E-state index contributed by atoms with van der Waals surface area (Å²) < 4.78 is 5.38. The number of carbonyl (C=O) groups is 1. The van der Waals surface area contributed by atoms with Crippen LogP contribution in [-0.4, -0.2) is 24.1 Å². The molecule has 1 amide bonds. The number of hydrogen-bond acceptors (Lipinski definition) is 4. The number of hydrogen-bond donors (Lipinski definition) is 1. The van der Waals surface area contributed by atoms with Gasteiger partial charge >= 0.3 is 0 Å². The quantitative estimate of drug-likeness (QED) is 0.902. The zero-order valence-electron chi connectivity index (χ0n) is 11.3. The first-order valence-electron chi connectivity index (χ1n) is 7.07. The number of aromatic nitrogens is 1. The van der Waals surface area contributed by atoms with E-state index >= 15 is 0 Å². The Morgan fingerprint density at radius 1 is 1.47 bits per heavy atom. The van der Waals surface area contributed by atoms with E-state index in [0.29, 0.717) is 5.92 Å². The predicted molar refractivity (Wildman–Crippen MR) is 75.5 cm³/mol. The van der Waals surface area contributed by atoms with Crippen LogP contribution in [0.25, 0.3) is 0 Å². The minimum absolute atomic E-state index is 0.0835. The van der Waals surface area contributed by atoms with Crippen LogP contribution in [0, 0.1) is 11.8 Å². The first-order chi connectivity index (χ1) is 9.20. The van der Waals surface area contributed by atoms with Gasteiger partial charge in [-0.2, -0.15) is 0 Å². The third kappa shape index (κ3) is 3.54. The molecular formula is C14H20N2O2S. The minimum Gasteiger partial charge on any atom is -0.371 e. The first kappa shape index (κ1) is 13.1. The maximum Gasteiger partial charge on any atom is 0.252 e. The van der Waals surface area contributed by atoms with Crippen molar-refractivity contribution in [1.29, 1.82) is 0 Å². The normalized spacial score (nSPS) is 22.1. The van der Waals surface area contributed by atoms with Gasteiger partial charge in [-0.3, -0.25) is 10.1 Å². The molecule has 0 bridgehead atoms. The fourth-order valence-electron chi connectivity index (χ4n) is 2.35. The summed E-state index contributed by atoms with van der Waals surface area (Å²) in [6.07, 6.45) is 5.84. The Morgan fingerprint density at radius 3 is 3.11 bits per heavy atom. The van der Waals surface area contributed by atoms with Crippen molar-refractivity contribution >= 4 is 22.4 Å². The van der Waals surface area contributed by atoms with Crippen molar-refractivity contribution in [3.8, 4) is 0 Å². The highest BCUT2D eigenvalue weighted by Crippen LogP contribution is 2.32. The number of carbonyl (C=O) groups excluding carboxylic acids is 1. The SMILES string of the molecule is CC1CCc2nc(NC(=O)COCC3CC3)sc2C1. The molecule has 5 heteroatoms. The largest absolute Gasteiger partial charge is 0.371 e. The Bertz CT molecular complexity index is 468. The highest BCUT2D eigenvalue weighted by atomic mass is 32.1. The van der Waals surface area contributed by atoms with Gasteiger partial charge < -0.3 is 4.74 Å². The number of nitrogens with one attached hydrogen (secondary N) is 1. The topological polar surface area (TPSA) is 51.2 Å². The molecule has 104 valence electrons. The zero-order valence-corrected chi connectivity index (χ0v) is 12.1. The number of aryl methyl sites for hydroxylation is 1. The van der Waals surface area contributed by atoms with E-state index in [0.717, 1.165) is 30.5 Å². The molecule has 1 atom stereocenters. The van der Waals surface area contributed by atoms with Gasteiger partial charge in [-0.15, -0.1) is 11.3 Å². The molecule has 1 heterocycles. The van der Waals surface area contributed by atoms with Crippen LogP contribution in [-0.2, 0) is 22.4 Å². The van der Waals surface area contributed by atoms with E-state index in [1.807, 2.05) is 0 Å². The van der Waals surface area contributed by atoms with Crippen molar-refractivity contribution in [2.45, 2.75) is 39.0 Å². The third-order valence-electron chi connectivity index (χ3n) is 3.72. The third-order valence-corrected chi connectivity index (χ3v) is 4.75. The van der Waals surface area contributed by atoms with Crippen LogP contribution in [0.5, 0.6) is 0 Å². The number of anilines is 1. The molecule has 1 fully saturated rings. The predicted octanol–water partition coefficient (Wildman–Crippen LogP) is 2.63. The van der Waals surface area contributed by atoms with Gasteiger partial charge in [0.25, 0.3) is 5.91 Å². The van der Waals surface area contributed by atoms with Crippen LogP contribution in [0.3, 0.4) is 0 Å². The lowest BCUT2D eigenvalue weighted by Gasteiger charge is -2.15. The molecule has 0 aliphatic heterocycles. The summed E-state index contributed by atoms with van der Waals surface area (Å²) in [7, 11) is 0. The highest BCUT2D eigenvalue weighted by Gasteiger charge is 2.22. The molecule has 19 heavy (non-hydrogen) atoms. The minimum atomic E-state index is -0.0835. The Morgan fingerprint density at radius 2 is 2.32 bits per heavy atom.